The van der Waals surface area contributed by atoms with E-state index < -0.39 is 41.4 Å². The van der Waals surface area contributed by atoms with E-state index in [1.807, 2.05) is 18.2 Å². The number of benzene rings is 2. The molecule has 0 radical (unpaired) electrons. The lowest BCUT2D eigenvalue weighted by atomic mass is 9.50. The van der Waals surface area contributed by atoms with Gasteiger partial charge in [0, 0.05) is 24.3 Å². The van der Waals surface area contributed by atoms with Crippen LogP contribution in [0.3, 0.4) is 0 Å². The monoisotopic (exact) mass is 639 g/mol. The van der Waals surface area contributed by atoms with Crippen LogP contribution in [-0.4, -0.2) is 46.6 Å². The average Bonchev–Trinajstić information content (AvgIpc) is 3.32. The van der Waals surface area contributed by atoms with Crippen molar-refractivity contribution in [1.29, 1.82) is 0 Å². The van der Waals surface area contributed by atoms with Gasteiger partial charge in [-0.2, -0.15) is 22.0 Å². The Morgan fingerprint density at radius 3 is 2.24 bits per heavy atom. The summed E-state index contributed by atoms with van der Waals surface area (Å²) in [5.74, 6) is -5.72. The first-order valence-electron chi connectivity index (χ1n) is 16.8. The smallest absolute Gasteiger partial charge is 0.383 e. The van der Waals surface area contributed by atoms with Gasteiger partial charge in [-0.1, -0.05) is 67.1 Å². The van der Waals surface area contributed by atoms with Crippen LogP contribution in [0.25, 0.3) is 0 Å². The van der Waals surface area contributed by atoms with Crippen LogP contribution >= 0.6 is 0 Å². The third-order valence-corrected chi connectivity index (χ3v) is 12.4. The second-order valence-electron chi connectivity index (χ2n) is 14.7. The highest BCUT2D eigenvalue weighted by Gasteiger charge is 2.79. The molecular weight excluding hydrogens is 597 g/mol. The molecule has 2 saturated carbocycles. The number of halogens is 5. The quantitative estimate of drug-likeness (QED) is 0.332. The van der Waals surface area contributed by atoms with E-state index >= 15 is 8.78 Å². The molecule has 8 heteroatoms. The first-order chi connectivity index (χ1) is 21.8. The second-order valence-corrected chi connectivity index (χ2v) is 14.7. The average molecular weight is 640 g/mol. The zero-order valence-electron chi connectivity index (χ0n) is 26.3. The van der Waals surface area contributed by atoms with Gasteiger partial charge in [0.05, 0.1) is 0 Å². The molecule has 5 aliphatic rings. The number of rotatable bonds is 5. The van der Waals surface area contributed by atoms with Gasteiger partial charge in [-0.15, -0.1) is 0 Å². The van der Waals surface area contributed by atoms with Gasteiger partial charge in [-0.25, -0.2) is 0 Å². The van der Waals surface area contributed by atoms with E-state index in [0.29, 0.717) is 31.6 Å². The number of hydrogen-bond acceptors (Lipinski definition) is 3. The molecule has 4 aliphatic carbocycles. The highest BCUT2D eigenvalue weighted by atomic mass is 19.4. The summed E-state index contributed by atoms with van der Waals surface area (Å²) in [7, 11) is 0. The summed E-state index contributed by atoms with van der Waals surface area (Å²) >= 11 is 0. The van der Waals surface area contributed by atoms with Crippen molar-refractivity contribution < 1.29 is 31.9 Å². The van der Waals surface area contributed by atoms with Crippen molar-refractivity contribution in [2.75, 3.05) is 13.1 Å². The number of carbonyl (C=O) groups is 1. The largest absolute Gasteiger partial charge is 0.456 e. The molecule has 3 nitrogen and oxygen atoms in total. The number of ketones is 1. The number of hydrogen-bond donors (Lipinski definition) is 1. The molecule has 1 aliphatic heterocycles. The van der Waals surface area contributed by atoms with E-state index in [2.05, 4.69) is 41.3 Å². The van der Waals surface area contributed by atoms with Crippen LogP contribution in [0.15, 0.2) is 77.4 Å². The molecular formula is C38H42F5NO2. The van der Waals surface area contributed by atoms with Gasteiger partial charge in [0.2, 0.25) is 0 Å². The molecule has 0 bridgehead atoms. The minimum Gasteiger partial charge on any atom is -0.383 e. The van der Waals surface area contributed by atoms with Gasteiger partial charge in [0.1, 0.15) is 5.60 Å². The van der Waals surface area contributed by atoms with E-state index in [-0.39, 0.29) is 24.5 Å². The van der Waals surface area contributed by atoms with Gasteiger partial charge < -0.3 is 5.11 Å². The lowest BCUT2D eigenvalue weighted by Gasteiger charge is -2.56. The third kappa shape index (κ3) is 5.01. The summed E-state index contributed by atoms with van der Waals surface area (Å²) in [5.41, 5.74) is 1.73. The summed E-state index contributed by atoms with van der Waals surface area (Å²) in [4.78, 5) is 14.8. The number of nitrogens with zero attached hydrogens (tertiary/aromatic N) is 1. The first kappa shape index (κ1) is 31.7. The van der Waals surface area contributed by atoms with E-state index in [9.17, 15) is 23.1 Å². The minimum absolute atomic E-state index is 0.00272. The maximum Gasteiger partial charge on any atom is 0.456 e. The predicted octanol–water partition coefficient (Wildman–Crippen LogP) is 8.89. The Morgan fingerprint density at radius 2 is 1.57 bits per heavy atom. The molecule has 1 N–H and O–H groups in total. The van der Waals surface area contributed by atoms with Crippen molar-refractivity contribution in [3.63, 3.8) is 0 Å². The fraction of sp³-hybridized carbons (Fsp3) is 0.553. The number of piperidine rings is 1. The van der Waals surface area contributed by atoms with Crippen LogP contribution in [-0.2, 0) is 11.3 Å². The van der Waals surface area contributed by atoms with Crippen molar-refractivity contribution >= 4 is 5.78 Å². The fourth-order valence-corrected chi connectivity index (χ4v) is 9.98. The summed E-state index contributed by atoms with van der Waals surface area (Å²) in [6, 6.07) is 18.7. The molecule has 2 unspecified atom stereocenters. The van der Waals surface area contributed by atoms with Gasteiger partial charge in [-0.05, 0) is 116 Å². The molecule has 1 heterocycles. The predicted molar refractivity (Wildman–Crippen MR) is 166 cm³/mol. The number of carbonyl (C=O) groups excluding carboxylic acids is 1. The van der Waals surface area contributed by atoms with Gasteiger partial charge >= 0.3 is 12.1 Å². The van der Waals surface area contributed by atoms with Crippen LogP contribution in [0.1, 0.15) is 93.2 Å². The van der Waals surface area contributed by atoms with Crippen molar-refractivity contribution in [1.82, 2.24) is 4.90 Å². The molecule has 2 aromatic carbocycles. The Morgan fingerprint density at radius 1 is 0.870 bits per heavy atom. The summed E-state index contributed by atoms with van der Waals surface area (Å²) in [6.45, 7) is 4.24. The number of likely N-dealkylation sites (tertiary alicyclic amines) is 1. The summed E-state index contributed by atoms with van der Waals surface area (Å²) in [6.07, 6.45) is -0.311. The highest BCUT2D eigenvalue weighted by Crippen LogP contribution is 2.70. The van der Waals surface area contributed by atoms with Crippen LogP contribution in [0.2, 0.25) is 0 Å². The lowest BCUT2D eigenvalue weighted by Crippen LogP contribution is -2.65. The number of allylic oxidation sites excluding steroid dienone is 4. The SMILES string of the molecule is C[C@]12C[C@H](c3ccc(CN4CCC(c5ccccc5)CC4)cc3)C3=C4CCC(=O)C=C4CCC3C1CC[C@@]2(O)C(F)(F)C(F)(F)F. The van der Waals surface area contributed by atoms with Crippen LogP contribution < -0.4 is 0 Å². The topological polar surface area (TPSA) is 40.5 Å². The molecule has 3 fully saturated rings. The Bertz CT molecular complexity index is 1540. The van der Waals surface area contributed by atoms with Crippen molar-refractivity contribution in [3.05, 3.63) is 94.1 Å². The summed E-state index contributed by atoms with van der Waals surface area (Å²) < 4.78 is 72.1. The van der Waals surface area contributed by atoms with Crippen molar-refractivity contribution in [2.24, 2.45) is 17.3 Å². The van der Waals surface area contributed by atoms with Gasteiger partial charge in [0.25, 0.3) is 0 Å². The normalized spacial score (nSPS) is 32.5. The summed E-state index contributed by atoms with van der Waals surface area (Å²) in [5, 5.41) is 11.5. The van der Waals surface area contributed by atoms with Crippen LogP contribution in [0, 0.1) is 17.3 Å². The first-order valence-corrected chi connectivity index (χ1v) is 16.8. The van der Waals surface area contributed by atoms with E-state index in [4.69, 9.17) is 0 Å². The van der Waals surface area contributed by atoms with Crippen molar-refractivity contribution in [2.45, 2.75) is 101 Å². The molecule has 0 spiro atoms. The van der Waals surface area contributed by atoms with E-state index in [1.165, 1.54) is 12.5 Å². The standard InChI is InChI=1S/C38H42F5NO2/c1-35-22-32(27-9-7-24(8-10-27)23-44-19-16-26(17-20-44)25-5-3-2-4-6-25)34-30-14-12-29(45)21-28(30)11-13-31(34)33(35)15-18-36(35,46)37(39,40)38(41,42)43/h2-10,21,26,31-33,46H,11-20,22-23H2,1H3/t31?,32-,33?,35+,36+/m1/s1. The fourth-order valence-electron chi connectivity index (χ4n) is 9.98. The van der Waals surface area contributed by atoms with Gasteiger partial charge in [0.15, 0.2) is 5.78 Å². The van der Waals surface area contributed by atoms with E-state index in [1.54, 1.807) is 6.08 Å². The Hall–Kier alpha value is -2.84. The lowest BCUT2D eigenvalue weighted by molar-refractivity contribution is -0.362. The zero-order chi connectivity index (χ0) is 32.5. The Balaban J connectivity index is 1.19. The Kier molecular flexibility index (Phi) is 7.87. The highest BCUT2D eigenvalue weighted by molar-refractivity contribution is 5.93. The number of alkyl halides is 5. The number of aliphatic hydroxyl groups is 1. The molecule has 5 atom stereocenters. The maximum atomic E-state index is 15.3. The second kappa shape index (κ2) is 11.4. The minimum atomic E-state index is -5.85. The molecule has 46 heavy (non-hydrogen) atoms. The molecule has 246 valence electrons. The van der Waals surface area contributed by atoms with Gasteiger partial charge in [-0.3, -0.25) is 9.69 Å². The van der Waals surface area contributed by atoms with E-state index in [0.717, 1.165) is 60.3 Å². The molecule has 7 rings (SSSR count). The zero-order valence-corrected chi connectivity index (χ0v) is 26.3. The van der Waals surface area contributed by atoms with Crippen molar-refractivity contribution in [3.8, 4) is 0 Å². The maximum absolute atomic E-state index is 15.3. The molecule has 0 aromatic heterocycles. The van der Waals surface area contributed by atoms with Crippen LogP contribution in [0.4, 0.5) is 22.0 Å². The van der Waals surface area contributed by atoms with Crippen LogP contribution in [0.5, 0.6) is 0 Å². The molecule has 0 amide bonds. The molecule has 2 aromatic rings. The Labute approximate surface area is 267 Å². The number of fused-ring (bicyclic) bond motifs is 4. The molecule has 1 saturated heterocycles. The third-order valence-electron chi connectivity index (χ3n) is 12.4.